The predicted octanol–water partition coefficient (Wildman–Crippen LogP) is 3.14. The Labute approximate surface area is 111 Å². The zero-order valence-corrected chi connectivity index (χ0v) is 11.8. The zero-order valence-electron chi connectivity index (χ0n) is 11.8. The minimum atomic E-state index is -0.581. The number of hydrogen-bond acceptors (Lipinski definition) is 2. The van der Waals surface area contributed by atoms with Crippen LogP contribution in [0.3, 0.4) is 0 Å². The van der Waals surface area contributed by atoms with Gasteiger partial charge in [0.2, 0.25) is 0 Å². The lowest BCUT2D eigenvalue weighted by Crippen LogP contribution is -2.61. The van der Waals surface area contributed by atoms with E-state index in [-0.39, 0.29) is 5.92 Å². The molecule has 1 aliphatic heterocycles. The fourth-order valence-electron chi connectivity index (χ4n) is 3.99. The number of nitrogens with zero attached hydrogens (tertiary/aromatic N) is 1. The summed E-state index contributed by atoms with van der Waals surface area (Å²) >= 11 is 0. The van der Waals surface area contributed by atoms with Gasteiger partial charge in [0, 0.05) is 0 Å². The van der Waals surface area contributed by atoms with Gasteiger partial charge < -0.3 is 5.11 Å². The molecule has 2 aliphatic rings. The Balaban J connectivity index is 2.26. The third-order valence-corrected chi connectivity index (χ3v) is 5.36. The number of hydrogen-bond donors (Lipinski definition) is 1. The van der Waals surface area contributed by atoms with E-state index in [4.69, 9.17) is 0 Å². The first kappa shape index (κ1) is 13.9. The first-order chi connectivity index (χ1) is 8.59. The molecule has 0 bridgehead atoms. The van der Waals surface area contributed by atoms with Crippen LogP contribution in [0.5, 0.6) is 0 Å². The fraction of sp³-hybridized carbons (Fsp3) is 0.933. The second kappa shape index (κ2) is 5.60. The van der Waals surface area contributed by atoms with Crippen molar-refractivity contribution in [3.8, 4) is 0 Å². The number of rotatable bonds is 2. The Bertz CT molecular complexity index is 297. The predicted molar refractivity (Wildman–Crippen MR) is 72.6 cm³/mol. The van der Waals surface area contributed by atoms with Crippen LogP contribution in [-0.4, -0.2) is 34.6 Å². The van der Waals surface area contributed by atoms with Gasteiger partial charge in [0.05, 0.1) is 0 Å². The molecule has 18 heavy (non-hydrogen) atoms. The van der Waals surface area contributed by atoms with E-state index in [0.29, 0.717) is 5.92 Å². The van der Waals surface area contributed by atoms with Crippen LogP contribution < -0.4 is 0 Å². The summed E-state index contributed by atoms with van der Waals surface area (Å²) in [6.45, 7) is 6.33. The van der Waals surface area contributed by atoms with Crippen molar-refractivity contribution in [1.29, 1.82) is 0 Å². The average molecular weight is 253 g/mol. The van der Waals surface area contributed by atoms with E-state index in [0.717, 1.165) is 38.8 Å². The van der Waals surface area contributed by atoms with Crippen molar-refractivity contribution in [3.63, 3.8) is 0 Å². The highest BCUT2D eigenvalue weighted by Gasteiger charge is 2.51. The van der Waals surface area contributed by atoms with Crippen molar-refractivity contribution >= 4 is 5.97 Å². The molecule has 0 aromatic heterocycles. The van der Waals surface area contributed by atoms with Crippen LogP contribution in [0, 0.1) is 11.8 Å². The smallest absolute Gasteiger partial charge is 0.324 e. The third kappa shape index (κ3) is 2.29. The van der Waals surface area contributed by atoms with Crippen molar-refractivity contribution < 1.29 is 9.90 Å². The van der Waals surface area contributed by atoms with Gasteiger partial charge in [-0.1, -0.05) is 39.5 Å². The van der Waals surface area contributed by atoms with E-state index in [2.05, 4.69) is 18.7 Å². The summed E-state index contributed by atoms with van der Waals surface area (Å²) in [5.74, 6) is 0.211. The molecule has 2 fully saturated rings. The van der Waals surface area contributed by atoms with Crippen LogP contribution in [0.1, 0.15) is 58.8 Å². The molecule has 0 spiro atoms. The monoisotopic (exact) mass is 253 g/mol. The van der Waals surface area contributed by atoms with Gasteiger partial charge in [-0.2, -0.15) is 0 Å². The van der Waals surface area contributed by atoms with Gasteiger partial charge >= 0.3 is 5.97 Å². The molecule has 3 unspecified atom stereocenters. The first-order valence-electron chi connectivity index (χ1n) is 7.57. The van der Waals surface area contributed by atoms with Gasteiger partial charge in [-0.15, -0.1) is 0 Å². The zero-order chi connectivity index (χ0) is 13.2. The molecule has 2 rings (SSSR count). The summed E-state index contributed by atoms with van der Waals surface area (Å²) in [5, 5.41) is 9.88. The van der Waals surface area contributed by atoms with E-state index < -0.39 is 11.5 Å². The molecule has 0 aromatic carbocycles. The molecule has 1 saturated heterocycles. The van der Waals surface area contributed by atoms with Gasteiger partial charge in [-0.3, -0.25) is 9.69 Å². The standard InChI is InChI=1S/C15H27NO2/c1-12-8-7-9-15(13(12)2,14(17)18)16-10-5-3-4-6-11-16/h12-13H,3-11H2,1-2H3,(H,17,18). The molecule has 1 heterocycles. The maximum absolute atomic E-state index is 12.0. The normalized spacial score (nSPS) is 39.2. The Morgan fingerprint density at radius 2 is 1.72 bits per heavy atom. The summed E-state index contributed by atoms with van der Waals surface area (Å²) in [7, 11) is 0. The lowest BCUT2D eigenvalue weighted by Gasteiger charge is -2.49. The Hall–Kier alpha value is -0.570. The lowest BCUT2D eigenvalue weighted by atomic mass is 9.67. The molecule has 0 aromatic rings. The largest absolute Gasteiger partial charge is 0.480 e. The second-order valence-corrected chi connectivity index (χ2v) is 6.29. The molecule has 1 aliphatic carbocycles. The molecule has 0 radical (unpaired) electrons. The summed E-state index contributed by atoms with van der Waals surface area (Å²) < 4.78 is 0. The topological polar surface area (TPSA) is 40.5 Å². The maximum atomic E-state index is 12.0. The summed E-state index contributed by atoms with van der Waals surface area (Å²) in [6, 6.07) is 0. The van der Waals surface area contributed by atoms with Crippen LogP contribution >= 0.6 is 0 Å². The second-order valence-electron chi connectivity index (χ2n) is 6.29. The van der Waals surface area contributed by atoms with Crippen molar-refractivity contribution in [1.82, 2.24) is 4.90 Å². The number of carboxylic acid groups (broad SMARTS) is 1. The highest BCUT2D eigenvalue weighted by molar-refractivity contribution is 5.79. The van der Waals surface area contributed by atoms with Crippen LogP contribution in [-0.2, 0) is 4.79 Å². The average Bonchev–Trinajstić information content (AvgIpc) is 2.61. The van der Waals surface area contributed by atoms with Crippen molar-refractivity contribution in [3.05, 3.63) is 0 Å². The van der Waals surface area contributed by atoms with Gasteiger partial charge in [-0.25, -0.2) is 0 Å². The van der Waals surface area contributed by atoms with Crippen LogP contribution in [0.25, 0.3) is 0 Å². The van der Waals surface area contributed by atoms with Gasteiger partial charge in [0.25, 0.3) is 0 Å². The van der Waals surface area contributed by atoms with Crippen molar-refractivity contribution in [2.75, 3.05) is 13.1 Å². The number of carbonyl (C=O) groups is 1. The minimum absolute atomic E-state index is 0.266. The number of carboxylic acids is 1. The molecular weight excluding hydrogens is 226 g/mol. The van der Waals surface area contributed by atoms with Crippen LogP contribution in [0.4, 0.5) is 0 Å². The van der Waals surface area contributed by atoms with Gasteiger partial charge in [0.15, 0.2) is 0 Å². The Morgan fingerprint density at radius 1 is 1.11 bits per heavy atom. The molecule has 0 amide bonds. The van der Waals surface area contributed by atoms with Gasteiger partial charge in [-0.05, 0) is 44.2 Å². The highest BCUT2D eigenvalue weighted by atomic mass is 16.4. The summed E-state index contributed by atoms with van der Waals surface area (Å²) in [6.07, 6.45) is 7.94. The maximum Gasteiger partial charge on any atom is 0.324 e. The fourth-order valence-corrected chi connectivity index (χ4v) is 3.99. The minimum Gasteiger partial charge on any atom is -0.480 e. The molecular formula is C15H27NO2. The van der Waals surface area contributed by atoms with E-state index in [9.17, 15) is 9.90 Å². The number of aliphatic carboxylic acids is 1. The SMILES string of the molecule is CC1CCCC(C(=O)O)(N2CCCCCC2)C1C. The molecule has 1 N–H and O–H groups in total. The van der Waals surface area contributed by atoms with Gasteiger partial charge in [0.1, 0.15) is 5.54 Å². The van der Waals surface area contributed by atoms with E-state index >= 15 is 0 Å². The van der Waals surface area contributed by atoms with Crippen LogP contribution in [0.2, 0.25) is 0 Å². The van der Waals surface area contributed by atoms with Crippen molar-refractivity contribution in [2.24, 2.45) is 11.8 Å². The van der Waals surface area contributed by atoms with Crippen molar-refractivity contribution in [2.45, 2.75) is 64.3 Å². The Morgan fingerprint density at radius 3 is 2.28 bits per heavy atom. The molecule has 3 heteroatoms. The third-order valence-electron chi connectivity index (χ3n) is 5.36. The van der Waals surface area contributed by atoms with E-state index in [1.807, 2.05) is 0 Å². The quantitative estimate of drug-likeness (QED) is 0.822. The summed E-state index contributed by atoms with van der Waals surface area (Å²) in [4.78, 5) is 14.3. The number of likely N-dealkylation sites (tertiary alicyclic amines) is 1. The van der Waals surface area contributed by atoms with E-state index in [1.165, 1.54) is 19.3 Å². The molecule has 3 nitrogen and oxygen atoms in total. The Kier molecular flexibility index (Phi) is 4.31. The molecule has 1 saturated carbocycles. The highest BCUT2D eigenvalue weighted by Crippen LogP contribution is 2.42. The van der Waals surface area contributed by atoms with E-state index in [1.54, 1.807) is 0 Å². The first-order valence-corrected chi connectivity index (χ1v) is 7.57. The summed E-state index contributed by atoms with van der Waals surface area (Å²) in [5.41, 5.74) is -0.581. The van der Waals surface area contributed by atoms with Crippen LogP contribution in [0.15, 0.2) is 0 Å². The molecule has 104 valence electrons. The molecule has 3 atom stereocenters. The lowest BCUT2D eigenvalue weighted by molar-refractivity contribution is -0.161.